The molecule has 0 aliphatic rings. The average Bonchev–Trinajstić information content (AvgIpc) is 2.21. The van der Waals surface area contributed by atoms with Crippen molar-refractivity contribution >= 4 is 23.3 Å². The second-order valence-corrected chi connectivity index (χ2v) is 4.15. The summed E-state index contributed by atoms with van der Waals surface area (Å²) < 4.78 is 0. The van der Waals surface area contributed by atoms with Crippen molar-refractivity contribution in [2.75, 3.05) is 11.9 Å². The largest absolute Gasteiger partial charge is 0.343 e. The number of benzene rings is 1. The molecule has 88 valence electrons. The predicted molar refractivity (Wildman–Crippen MR) is 64.4 cm³/mol. The molecule has 0 aliphatic heterocycles. The first-order valence-electron chi connectivity index (χ1n) is 5.03. The molecule has 0 fully saturated rings. The topological polar surface area (TPSA) is 50.4 Å². The fourth-order valence-corrected chi connectivity index (χ4v) is 1.17. The summed E-state index contributed by atoms with van der Waals surface area (Å²) in [6.45, 7) is 4.46. The first-order chi connectivity index (χ1) is 7.59. The molecule has 0 unspecified atom stereocenters. The monoisotopic (exact) mass is 242 g/mol. The number of hydrogen-bond donors (Lipinski definition) is 2. The number of hydrogen-bond acceptors (Lipinski definition) is 2. The number of carbonyl (C=O) groups is 1. The minimum absolute atomic E-state index is 0.362. The van der Waals surface area contributed by atoms with Crippen LogP contribution in [-0.4, -0.2) is 12.6 Å². The molecule has 0 heterocycles. The minimum atomic E-state index is -0.436. The highest BCUT2D eigenvalue weighted by molar-refractivity contribution is 6.33. The molecule has 4 nitrogen and oxygen atoms in total. The van der Waals surface area contributed by atoms with Crippen LogP contribution in [0.1, 0.15) is 13.8 Å². The van der Waals surface area contributed by atoms with E-state index in [1.165, 1.54) is 0 Å². The smallest absolute Gasteiger partial charge is 0.305 e. The molecule has 5 heteroatoms. The van der Waals surface area contributed by atoms with Crippen LogP contribution in [0.2, 0.25) is 5.02 Å². The predicted octanol–water partition coefficient (Wildman–Crippen LogP) is 3.05. The molecule has 0 aromatic heterocycles. The highest BCUT2D eigenvalue weighted by Crippen LogP contribution is 2.19. The fourth-order valence-electron chi connectivity index (χ4n) is 0.984. The lowest BCUT2D eigenvalue weighted by Crippen LogP contribution is -2.30. The highest BCUT2D eigenvalue weighted by Gasteiger charge is 2.04. The summed E-state index contributed by atoms with van der Waals surface area (Å²) in [7, 11) is 0. The summed E-state index contributed by atoms with van der Waals surface area (Å²) in [4.78, 5) is 16.3. The van der Waals surface area contributed by atoms with Crippen LogP contribution >= 0.6 is 11.6 Å². The van der Waals surface area contributed by atoms with Gasteiger partial charge in [-0.05, 0) is 18.1 Å². The van der Waals surface area contributed by atoms with Gasteiger partial charge in [-0.3, -0.25) is 4.84 Å². The van der Waals surface area contributed by atoms with E-state index in [0.29, 0.717) is 23.2 Å². The van der Waals surface area contributed by atoms with E-state index in [-0.39, 0.29) is 0 Å². The van der Waals surface area contributed by atoms with Crippen LogP contribution in [0.25, 0.3) is 0 Å². The zero-order chi connectivity index (χ0) is 12.0. The maximum Gasteiger partial charge on any atom is 0.343 e. The lowest BCUT2D eigenvalue weighted by atomic mass is 10.2. The van der Waals surface area contributed by atoms with Crippen molar-refractivity contribution in [1.82, 2.24) is 5.48 Å². The van der Waals surface area contributed by atoms with Crippen molar-refractivity contribution in [3.05, 3.63) is 29.3 Å². The molecule has 16 heavy (non-hydrogen) atoms. The van der Waals surface area contributed by atoms with Gasteiger partial charge in [-0.25, -0.2) is 10.3 Å². The molecular weight excluding hydrogens is 228 g/mol. The van der Waals surface area contributed by atoms with Crippen molar-refractivity contribution in [1.29, 1.82) is 0 Å². The zero-order valence-corrected chi connectivity index (χ0v) is 10.0. The molecule has 0 saturated heterocycles. The van der Waals surface area contributed by atoms with E-state index >= 15 is 0 Å². The molecule has 0 atom stereocenters. The average molecular weight is 243 g/mol. The van der Waals surface area contributed by atoms with E-state index in [2.05, 4.69) is 10.8 Å². The van der Waals surface area contributed by atoms with Gasteiger partial charge >= 0.3 is 6.03 Å². The second kappa shape index (κ2) is 6.35. The summed E-state index contributed by atoms with van der Waals surface area (Å²) >= 11 is 5.87. The highest BCUT2D eigenvalue weighted by atomic mass is 35.5. The number of anilines is 1. The van der Waals surface area contributed by atoms with E-state index in [0.717, 1.165) is 0 Å². The summed E-state index contributed by atoms with van der Waals surface area (Å²) in [5.74, 6) is 0.362. The van der Waals surface area contributed by atoms with Crippen molar-refractivity contribution in [2.24, 2.45) is 5.92 Å². The van der Waals surface area contributed by atoms with Crippen LogP contribution < -0.4 is 10.8 Å². The number of hydroxylamine groups is 1. The first kappa shape index (κ1) is 12.8. The number of carbonyl (C=O) groups excluding carboxylic acids is 1. The molecule has 0 spiro atoms. The van der Waals surface area contributed by atoms with Gasteiger partial charge in [0.15, 0.2) is 0 Å². The Labute approximate surface area is 99.9 Å². The van der Waals surface area contributed by atoms with Gasteiger partial charge in [0.1, 0.15) is 0 Å². The van der Waals surface area contributed by atoms with Crippen LogP contribution in [0.15, 0.2) is 24.3 Å². The third-order valence-corrected chi connectivity index (χ3v) is 2.03. The molecule has 0 aliphatic carbocycles. The SMILES string of the molecule is CC(C)CONC(=O)Nc1ccccc1Cl. The summed E-state index contributed by atoms with van der Waals surface area (Å²) in [5.41, 5.74) is 2.83. The Balaban J connectivity index is 2.37. The van der Waals surface area contributed by atoms with Crippen molar-refractivity contribution in [3.63, 3.8) is 0 Å². The van der Waals surface area contributed by atoms with Crippen molar-refractivity contribution in [2.45, 2.75) is 13.8 Å². The van der Waals surface area contributed by atoms with Gasteiger partial charge in [0.05, 0.1) is 17.3 Å². The maximum absolute atomic E-state index is 11.3. The molecule has 2 N–H and O–H groups in total. The molecule has 1 aromatic rings. The van der Waals surface area contributed by atoms with E-state index in [1.54, 1.807) is 24.3 Å². The minimum Gasteiger partial charge on any atom is -0.305 e. The normalized spacial score (nSPS) is 10.2. The summed E-state index contributed by atoms with van der Waals surface area (Å²) in [5, 5.41) is 3.06. The Morgan fingerprint density at radius 1 is 1.44 bits per heavy atom. The molecule has 0 saturated carbocycles. The van der Waals surface area contributed by atoms with E-state index in [9.17, 15) is 4.79 Å². The van der Waals surface area contributed by atoms with E-state index in [4.69, 9.17) is 16.4 Å². The summed E-state index contributed by atoms with van der Waals surface area (Å²) in [6.07, 6.45) is 0. The van der Waals surface area contributed by atoms with Gasteiger partial charge in [0.25, 0.3) is 0 Å². The lowest BCUT2D eigenvalue weighted by Gasteiger charge is -2.09. The van der Waals surface area contributed by atoms with Crippen LogP contribution in [0.5, 0.6) is 0 Å². The van der Waals surface area contributed by atoms with Crippen LogP contribution in [0.3, 0.4) is 0 Å². The third-order valence-electron chi connectivity index (χ3n) is 1.70. The van der Waals surface area contributed by atoms with Crippen molar-refractivity contribution in [3.8, 4) is 0 Å². The number of para-hydroxylation sites is 1. The van der Waals surface area contributed by atoms with E-state index in [1.807, 2.05) is 13.8 Å². The second-order valence-electron chi connectivity index (χ2n) is 3.74. The number of nitrogens with one attached hydrogen (secondary N) is 2. The fraction of sp³-hybridized carbons (Fsp3) is 0.364. The Bertz CT molecular complexity index is 356. The quantitative estimate of drug-likeness (QED) is 0.798. The van der Waals surface area contributed by atoms with Gasteiger partial charge in [0, 0.05) is 0 Å². The number of rotatable bonds is 4. The van der Waals surface area contributed by atoms with Crippen LogP contribution in [0.4, 0.5) is 10.5 Å². The van der Waals surface area contributed by atoms with E-state index < -0.39 is 6.03 Å². The van der Waals surface area contributed by atoms with Gasteiger partial charge in [-0.15, -0.1) is 0 Å². The Hall–Kier alpha value is -1.26. The van der Waals surface area contributed by atoms with Gasteiger partial charge in [-0.2, -0.15) is 0 Å². The Morgan fingerprint density at radius 3 is 2.75 bits per heavy atom. The zero-order valence-electron chi connectivity index (χ0n) is 9.29. The molecule has 1 rings (SSSR count). The van der Waals surface area contributed by atoms with Crippen molar-refractivity contribution < 1.29 is 9.63 Å². The first-order valence-corrected chi connectivity index (χ1v) is 5.40. The van der Waals surface area contributed by atoms with Gasteiger partial charge in [0.2, 0.25) is 0 Å². The summed E-state index contributed by atoms with van der Waals surface area (Å²) in [6, 6.07) is 6.56. The van der Waals surface area contributed by atoms with Gasteiger partial charge < -0.3 is 5.32 Å². The van der Waals surface area contributed by atoms with Crippen LogP contribution in [-0.2, 0) is 4.84 Å². The number of urea groups is 1. The lowest BCUT2D eigenvalue weighted by molar-refractivity contribution is 0.0482. The number of halogens is 1. The third kappa shape index (κ3) is 4.51. The standard InChI is InChI=1S/C11H15ClN2O2/c1-8(2)7-16-14-11(15)13-10-6-4-3-5-9(10)12/h3-6,8H,7H2,1-2H3,(H2,13,14,15). The van der Waals surface area contributed by atoms with Gasteiger partial charge in [-0.1, -0.05) is 37.6 Å². The molecule has 0 radical (unpaired) electrons. The Kier molecular flexibility index (Phi) is 5.08. The number of amides is 2. The molecular formula is C11H15ClN2O2. The van der Waals surface area contributed by atoms with Crippen LogP contribution in [0, 0.1) is 5.92 Å². The Morgan fingerprint density at radius 2 is 2.12 bits per heavy atom. The maximum atomic E-state index is 11.3. The molecule has 2 amide bonds. The molecule has 0 bridgehead atoms. The molecule has 1 aromatic carbocycles.